The van der Waals surface area contributed by atoms with Gasteiger partial charge in [-0.05, 0) is 12.8 Å². The minimum Gasteiger partial charge on any atom is -0.381 e. The van der Waals surface area contributed by atoms with Gasteiger partial charge in [-0.25, -0.2) is 0 Å². The Labute approximate surface area is 90.3 Å². The molecule has 2 aliphatic heterocycles. The number of amides is 1. The van der Waals surface area contributed by atoms with Gasteiger partial charge in [0.2, 0.25) is 5.91 Å². The third-order valence-electron chi connectivity index (χ3n) is 3.28. The first-order valence-corrected chi connectivity index (χ1v) is 5.73. The maximum Gasteiger partial charge on any atom is 0.223 e. The normalized spacial score (nSPS) is 32.9. The molecule has 0 aromatic heterocycles. The predicted octanol–water partition coefficient (Wildman–Crippen LogP) is 0.564. The minimum atomic E-state index is 0.145. The topological polar surface area (TPSA) is 47.6 Å². The number of hydrogen-bond donors (Lipinski definition) is 1. The molecule has 0 aromatic carbocycles. The molecule has 0 spiro atoms. The summed E-state index contributed by atoms with van der Waals surface area (Å²) in [5, 5.41) is 3.08. The van der Waals surface area contributed by atoms with Gasteiger partial charge in [0.1, 0.15) is 0 Å². The molecule has 2 rings (SSSR count). The van der Waals surface area contributed by atoms with Crippen LogP contribution in [0.3, 0.4) is 0 Å². The van der Waals surface area contributed by atoms with Crippen molar-refractivity contribution in [2.45, 2.75) is 25.8 Å². The zero-order chi connectivity index (χ0) is 10.7. The molecule has 86 valence electrons. The Kier molecular flexibility index (Phi) is 3.59. The fourth-order valence-electron chi connectivity index (χ4n) is 2.11. The molecule has 2 unspecified atom stereocenters. The van der Waals surface area contributed by atoms with E-state index in [1.54, 1.807) is 0 Å². The molecule has 0 aliphatic carbocycles. The van der Waals surface area contributed by atoms with Gasteiger partial charge >= 0.3 is 0 Å². The lowest BCUT2D eigenvalue weighted by Gasteiger charge is -2.24. The van der Waals surface area contributed by atoms with Gasteiger partial charge in [-0.15, -0.1) is 0 Å². The van der Waals surface area contributed by atoms with Crippen LogP contribution in [-0.4, -0.2) is 38.4 Å². The SMILES string of the molecule is CC1COCC1NC(=O)C1CCOCC1. The second kappa shape index (κ2) is 4.94. The number of carbonyl (C=O) groups excluding carboxylic acids is 1. The van der Waals surface area contributed by atoms with Crippen LogP contribution in [0.15, 0.2) is 0 Å². The first-order chi connectivity index (χ1) is 7.27. The standard InChI is InChI=1S/C11H19NO3/c1-8-6-15-7-10(8)12-11(13)9-2-4-14-5-3-9/h8-10H,2-7H2,1H3,(H,12,13). The molecule has 4 nitrogen and oxygen atoms in total. The Morgan fingerprint density at radius 2 is 1.93 bits per heavy atom. The maximum absolute atomic E-state index is 11.9. The molecule has 2 fully saturated rings. The first-order valence-electron chi connectivity index (χ1n) is 5.73. The molecular formula is C11H19NO3. The van der Waals surface area contributed by atoms with Crippen LogP contribution in [0.2, 0.25) is 0 Å². The van der Waals surface area contributed by atoms with Crippen LogP contribution in [-0.2, 0) is 14.3 Å². The lowest BCUT2D eigenvalue weighted by Crippen LogP contribution is -2.43. The van der Waals surface area contributed by atoms with Crippen molar-refractivity contribution in [3.63, 3.8) is 0 Å². The Hall–Kier alpha value is -0.610. The zero-order valence-electron chi connectivity index (χ0n) is 9.20. The number of nitrogens with one attached hydrogen (secondary N) is 1. The molecule has 0 aromatic rings. The predicted molar refractivity (Wildman–Crippen MR) is 55.5 cm³/mol. The second-order valence-corrected chi connectivity index (χ2v) is 4.52. The van der Waals surface area contributed by atoms with Crippen LogP contribution in [0.4, 0.5) is 0 Å². The van der Waals surface area contributed by atoms with Gasteiger partial charge in [-0.2, -0.15) is 0 Å². The van der Waals surface area contributed by atoms with E-state index in [2.05, 4.69) is 12.2 Å². The largest absolute Gasteiger partial charge is 0.381 e. The summed E-state index contributed by atoms with van der Waals surface area (Å²) in [7, 11) is 0. The monoisotopic (exact) mass is 213 g/mol. The molecule has 0 bridgehead atoms. The van der Waals surface area contributed by atoms with Gasteiger partial charge < -0.3 is 14.8 Å². The summed E-state index contributed by atoms with van der Waals surface area (Å²) in [6.45, 7) is 4.97. The number of carbonyl (C=O) groups is 1. The van der Waals surface area contributed by atoms with E-state index in [4.69, 9.17) is 9.47 Å². The highest BCUT2D eigenvalue weighted by molar-refractivity contribution is 5.79. The van der Waals surface area contributed by atoms with E-state index in [1.807, 2.05) is 0 Å². The van der Waals surface area contributed by atoms with E-state index in [0.717, 1.165) is 32.7 Å². The highest BCUT2D eigenvalue weighted by Crippen LogP contribution is 2.17. The van der Waals surface area contributed by atoms with Gasteiger partial charge in [-0.3, -0.25) is 4.79 Å². The molecular weight excluding hydrogens is 194 g/mol. The number of hydrogen-bond acceptors (Lipinski definition) is 3. The van der Waals surface area contributed by atoms with E-state index >= 15 is 0 Å². The Morgan fingerprint density at radius 1 is 1.20 bits per heavy atom. The summed E-state index contributed by atoms with van der Waals surface area (Å²) in [5.74, 6) is 0.765. The van der Waals surface area contributed by atoms with Crippen LogP contribution in [0.5, 0.6) is 0 Å². The Balaban J connectivity index is 1.80. The fraction of sp³-hybridized carbons (Fsp3) is 0.909. The van der Waals surface area contributed by atoms with Crippen LogP contribution in [0.1, 0.15) is 19.8 Å². The van der Waals surface area contributed by atoms with Crippen LogP contribution in [0, 0.1) is 11.8 Å². The number of rotatable bonds is 2. The maximum atomic E-state index is 11.9. The Morgan fingerprint density at radius 3 is 2.53 bits per heavy atom. The number of ether oxygens (including phenoxy) is 2. The molecule has 4 heteroatoms. The van der Waals surface area contributed by atoms with E-state index in [0.29, 0.717) is 12.5 Å². The van der Waals surface area contributed by atoms with E-state index < -0.39 is 0 Å². The zero-order valence-corrected chi connectivity index (χ0v) is 9.20. The van der Waals surface area contributed by atoms with E-state index in [1.165, 1.54) is 0 Å². The summed E-state index contributed by atoms with van der Waals surface area (Å²) in [5.41, 5.74) is 0. The highest BCUT2D eigenvalue weighted by Gasteiger charge is 2.29. The third kappa shape index (κ3) is 2.69. The van der Waals surface area contributed by atoms with Crippen LogP contribution < -0.4 is 5.32 Å². The molecule has 2 atom stereocenters. The van der Waals surface area contributed by atoms with Crippen LogP contribution >= 0.6 is 0 Å². The summed E-state index contributed by atoms with van der Waals surface area (Å²) in [6, 6.07) is 0.209. The van der Waals surface area contributed by atoms with Crippen molar-refractivity contribution in [3.05, 3.63) is 0 Å². The smallest absolute Gasteiger partial charge is 0.223 e. The van der Waals surface area contributed by atoms with E-state index in [9.17, 15) is 4.79 Å². The Bertz CT molecular complexity index is 226. The van der Waals surface area contributed by atoms with Gasteiger partial charge in [0.25, 0.3) is 0 Å². The lowest BCUT2D eigenvalue weighted by molar-refractivity contribution is -0.128. The molecule has 2 heterocycles. The van der Waals surface area contributed by atoms with Crippen molar-refractivity contribution >= 4 is 5.91 Å². The van der Waals surface area contributed by atoms with Crippen LogP contribution in [0.25, 0.3) is 0 Å². The van der Waals surface area contributed by atoms with Crippen molar-refractivity contribution < 1.29 is 14.3 Å². The van der Waals surface area contributed by atoms with Crippen molar-refractivity contribution in [3.8, 4) is 0 Å². The van der Waals surface area contributed by atoms with Crippen molar-refractivity contribution in [2.24, 2.45) is 11.8 Å². The molecule has 2 saturated heterocycles. The molecule has 1 amide bonds. The van der Waals surface area contributed by atoms with Gasteiger partial charge in [0.15, 0.2) is 0 Å². The molecule has 2 aliphatic rings. The third-order valence-corrected chi connectivity index (χ3v) is 3.28. The molecule has 15 heavy (non-hydrogen) atoms. The average Bonchev–Trinajstić information content (AvgIpc) is 2.66. The van der Waals surface area contributed by atoms with Gasteiger partial charge in [0.05, 0.1) is 19.3 Å². The molecule has 0 radical (unpaired) electrons. The first kappa shape index (κ1) is 10.9. The van der Waals surface area contributed by atoms with E-state index in [-0.39, 0.29) is 17.9 Å². The summed E-state index contributed by atoms with van der Waals surface area (Å²) in [6.07, 6.45) is 1.71. The second-order valence-electron chi connectivity index (χ2n) is 4.52. The minimum absolute atomic E-state index is 0.145. The quantitative estimate of drug-likeness (QED) is 0.729. The summed E-state index contributed by atoms with van der Waals surface area (Å²) < 4.78 is 10.6. The highest BCUT2D eigenvalue weighted by atomic mass is 16.5. The fourth-order valence-corrected chi connectivity index (χ4v) is 2.11. The van der Waals surface area contributed by atoms with Crippen molar-refractivity contribution in [1.82, 2.24) is 5.32 Å². The van der Waals surface area contributed by atoms with Crippen molar-refractivity contribution in [2.75, 3.05) is 26.4 Å². The summed E-state index contributed by atoms with van der Waals surface area (Å²) in [4.78, 5) is 11.9. The van der Waals surface area contributed by atoms with Crippen molar-refractivity contribution in [1.29, 1.82) is 0 Å². The lowest BCUT2D eigenvalue weighted by atomic mass is 9.98. The average molecular weight is 213 g/mol. The van der Waals surface area contributed by atoms with Gasteiger partial charge in [-0.1, -0.05) is 6.92 Å². The summed E-state index contributed by atoms with van der Waals surface area (Å²) >= 11 is 0. The molecule has 0 saturated carbocycles. The van der Waals surface area contributed by atoms with Gasteiger partial charge in [0, 0.05) is 25.0 Å². The molecule has 1 N–H and O–H groups in total.